The van der Waals surface area contributed by atoms with Crippen molar-refractivity contribution < 1.29 is 19.6 Å². The van der Waals surface area contributed by atoms with Crippen LogP contribution in [-0.4, -0.2) is 41.8 Å². The molecule has 0 spiro atoms. The van der Waals surface area contributed by atoms with Gasteiger partial charge in [0.25, 0.3) is 0 Å². The van der Waals surface area contributed by atoms with Crippen LogP contribution < -0.4 is 5.73 Å². The number of aliphatic carboxylic acids is 1. The van der Waals surface area contributed by atoms with E-state index in [0.717, 1.165) is 6.42 Å². The lowest BCUT2D eigenvalue weighted by atomic mass is 9.81. The largest absolute Gasteiger partial charge is 0.480 e. The lowest BCUT2D eigenvalue weighted by Crippen LogP contribution is -2.37. The second-order valence-corrected chi connectivity index (χ2v) is 4.96. The van der Waals surface area contributed by atoms with Crippen LogP contribution in [0.3, 0.4) is 0 Å². The molecule has 0 amide bonds. The number of nitrogens with zero attached hydrogens (tertiary/aromatic N) is 1. The molecule has 0 rings (SSSR count). The summed E-state index contributed by atoms with van der Waals surface area (Å²) in [6.45, 7) is 3.87. The average molecular weight is 276 g/mol. The highest BCUT2D eigenvalue weighted by atomic mass is 16.6. The maximum absolute atomic E-state index is 10.8. The van der Waals surface area contributed by atoms with E-state index >= 15 is 0 Å². The number of carboxylic acid groups (broad SMARTS) is 1. The molecule has 0 saturated carbocycles. The van der Waals surface area contributed by atoms with E-state index in [1.165, 1.54) is 0 Å². The molecule has 0 aromatic heterocycles. The molecule has 0 fully saturated rings. The van der Waals surface area contributed by atoms with E-state index < -0.39 is 18.1 Å². The first-order chi connectivity index (χ1) is 8.81. The van der Waals surface area contributed by atoms with Crippen molar-refractivity contribution in [3.63, 3.8) is 0 Å². The van der Waals surface area contributed by atoms with E-state index in [1.54, 1.807) is 21.0 Å². The predicted octanol–water partition coefficient (Wildman–Crippen LogP) is 1.13. The third-order valence-electron chi connectivity index (χ3n) is 3.63. The second kappa shape index (κ2) is 8.82. The van der Waals surface area contributed by atoms with Crippen LogP contribution in [0.25, 0.3) is 0 Å². The summed E-state index contributed by atoms with van der Waals surface area (Å²) < 4.78 is 4.95. The smallest absolute Gasteiger partial charge is 0.320 e. The first-order valence-electron chi connectivity index (χ1n) is 6.42. The summed E-state index contributed by atoms with van der Waals surface area (Å²) in [4.78, 5) is 21.3. The number of hydrogen-bond donors (Lipinski definition) is 2. The molecule has 0 saturated heterocycles. The van der Waals surface area contributed by atoms with Gasteiger partial charge in [-0.1, -0.05) is 6.92 Å². The molecule has 7 nitrogen and oxygen atoms in total. The van der Waals surface area contributed by atoms with Crippen molar-refractivity contribution in [3.05, 3.63) is 10.1 Å². The second-order valence-electron chi connectivity index (χ2n) is 4.96. The zero-order chi connectivity index (χ0) is 15.0. The van der Waals surface area contributed by atoms with Gasteiger partial charge in [-0.2, -0.15) is 0 Å². The molecular formula is C12H24N2O5. The number of methoxy groups -OCH3 is 1. The predicted molar refractivity (Wildman–Crippen MR) is 70.4 cm³/mol. The molecule has 0 aliphatic carbocycles. The van der Waals surface area contributed by atoms with Gasteiger partial charge in [-0.05, 0) is 25.2 Å². The molecule has 7 heteroatoms. The van der Waals surface area contributed by atoms with Crippen molar-refractivity contribution in [2.75, 3.05) is 13.7 Å². The van der Waals surface area contributed by atoms with Crippen LogP contribution in [0.5, 0.6) is 0 Å². The topological polar surface area (TPSA) is 116 Å². The van der Waals surface area contributed by atoms with Crippen LogP contribution in [0.1, 0.15) is 33.1 Å². The normalized spacial score (nSPS) is 17.5. The minimum Gasteiger partial charge on any atom is -0.480 e. The number of rotatable bonds is 10. The Morgan fingerprint density at radius 3 is 2.47 bits per heavy atom. The van der Waals surface area contributed by atoms with Crippen LogP contribution in [0.2, 0.25) is 0 Å². The molecule has 19 heavy (non-hydrogen) atoms. The Kier molecular flexibility index (Phi) is 8.26. The van der Waals surface area contributed by atoms with Gasteiger partial charge in [-0.25, -0.2) is 0 Å². The Balaban J connectivity index is 4.64. The van der Waals surface area contributed by atoms with Gasteiger partial charge in [0.15, 0.2) is 0 Å². The Morgan fingerprint density at radius 1 is 1.47 bits per heavy atom. The Labute approximate surface area is 113 Å². The van der Waals surface area contributed by atoms with Gasteiger partial charge >= 0.3 is 5.97 Å². The molecule has 3 unspecified atom stereocenters. The van der Waals surface area contributed by atoms with Gasteiger partial charge < -0.3 is 15.6 Å². The van der Waals surface area contributed by atoms with Gasteiger partial charge in [0.1, 0.15) is 6.04 Å². The molecule has 0 radical (unpaired) electrons. The fourth-order valence-corrected chi connectivity index (χ4v) is 2.10. The molecule has 0 aromatic rings. The van der Waals surface area contributed by atoms with E-state index in [9.17, 15) is 14.9 Å². The fourth-order valence-electron chi connectivity index (χ4n) is 2.10. The first-order valence-corrected chi connectivity index (χ1v) is 6.42. The van der Waals surface area contributed by atoms with Crippen molar-refractivity contribution in [1.82, 2.24) is 0 Å². The third-order valence-corrected chi connectivity index (χ3v) is 3.63. The summed E-state index contributed by atoms with van der Waals surface area (Å²) >= 11 is 0. The van der Waals surface area contributed by atoms with Gasteiger partial charge in [-0.3, -0.25) is 14.9 Å². The first kappa shape index (κ1) is 17.8. The van der Waals surface area contributed by atoms with Crippen LogP contribution in [0, 0.1) is 22.0 Å². The van der Waals surface area contributed by atoms with Crippen LogP contribution >= 0.6 is 0 Å². The van der Waals surface area contributed by atoms with Gasteiger partial charge in [0.2, 0.25) is 6.04 Å². The number of nitrogens with two attached hydrogens (primary N) is 1. The van der Waals surface area contributed by atoms with Gasteiger partial charge in [0, 0.05) is 31.5 Å². The molecule has 0 heterocycles. The molecule has 4 atom stereocenters. The van der Waals surface area contributed by atoms with E-state index in [4.69, 9.17) is 15.6 Å². The van der Waals surface area contributed by atoms with Crippen LogP contribution in [0.15, 0.2) is 0 Å². The number of nitro groups is 1. The summed E-state index contributed by atoms with van der Waals surface area (Å²) in [6.07, 6.45) is 1.66. The minimum absolute atomic E-state index is 0.0957. The van der Waals surface area contributed by atoms with Crippen molar-refractivity contribution in [3.8, 4) is 0 Å². The van der Waals surface area contributed by atoms with Crippen molar-refractivity contribution in [2.24, 2.45) is 17.6 Å². The maximum atomic E-state index is 10.8. The Hall–Kier alpha value is -1.21. The number of carboxylic acids is 1. The summed E-state index contributed by atoms with van der Waals surface area (Å²) in [5, 5.41) is 19.7. The van der Waals surface area contributed by atoms with E-state index in [2.05, 4.69) is 0 Å². The molecule has 0 aliphatic heterocycles. The molecule has 3 N–H and O–H groups in total. The van der Waals surface area contributed by atoms with E-state index in [0.29, 0.717) is 13.0 Å². The lowest BCUT2D eigenvalue weighted by Gasteiger charge is -2.26. The highest BCUT2D eigenvalue weighted by Crippen LogP contribution is 2.26. The highest BCUT2D eigenvalue weighted by Gasteiger charge is 2.32. The summed E-state index contributed by atoms with van der Waals surface area (Å²) in [5.41, 5.74) is 5.54. The lowest BCUT2D eigenvalue weighted by molar-refractivity contribution is -0.529. The van der Waals surface area contributed by atoms with Crippen molar-refractivity contribution >= 4 is 5.97 Å². The van der Waals surface area contributed by atoms with Crippen LogP contribution in [0.4, 0.5) is 0 Å². The SMILES string of the molecule is COCCCC(CC(N)C(=O)O)C(C)[C@H](C)[N+](=O)[O-]. The monoisotopic (exact) mass is 276 g/mol. The van der Waals surface area contributed by atoms with Crippen molar-refractivity contribution in [2.45, 2.75) is 45.2 Å². The number of ether oxygens (including phenoxy) is 1. The minimum atomic E-state index is -1.07. The highest BCUT2D eigenvalue weighted by molar-refractivity contribution is 5.73. The molecule has 112 valence electrons. The zero-order valence-corrected chi connectivity index (χ0v) is 11.7. The maximum Gasteiger partial charge on any atom is 0.320 e. The summed E-state index contributed by atoms with van der Waals surface area (Å²) in [6, 6.07) is -1.69. The molecule has 0 aliphatic rings. The van der Waals surface area contributed by atoms with E-state index in [1.807, 2.05) is 0 Å². The van der Waals surface area contributed by atoms with Crippen LogP contribution in [-0.2, 0) is 9.53 Å². The number of carbonyl (C=O) groups is 1. The third kappa shape index (κ3) is 6.49. The molecule has 0 bridgehead atoms. The summed E-state index contributed by atoms with van der Waals surface area (Å²) in [5.74, 6) is -1.39. The zero-order valence-electron chi connectivity index (χ0n) is 11.7. The standard InChI is InChI=1S/C12H24N2O5/c1-8(9(2)14(17)18)10(5-4-6-19-3)7-11(13)12(15)16/h8-11H,4-7,13H2,1-3H3,(H,15,16)/t8?,9-,10?,11?/m0/s1. The molecule has 0 aromatic carbocycles. The molecular weight excluding hydrogens is 252 g/mol. The Morgan fingerprint density at radius 2 is 2.05 bits per heavy atom. The van der Waals surface area contributed by atoms with E-state index in [-0.39, 0.29) is 23.2 Å². The van der Waals surface area contributed by atoms with Crippen molar-refractivity contribution in [1.29, 1.82) is 0 Å². The number of hydrogen-bond acceptors (Lipinski definition) is 5. The average Bonchev–Trinajstić information content (AvgIpc) is 2.35. The van der Waals surface area contributed by atoms with Gasteiger partial charge in [-0.15, -0.1) is 0 Å². The Bertz CT molecular complexity index is 298. The summed E-state index contributed by atoms with van der Waals surface area (Å²) in [7, 11) is 1.58. The fraction of sp³-hybridized carbons (Fsp3) is 0.917. The van der Waals surface area contributed by atoms with Gasteiger partial charge in [0.05, 0.1) is 0 Å². The quantitative estimate of drug-likeness (QED) is 0.351.